The van der Waals surface area contributed by atoms with Crippen LogP contribution in [0.3, 0.4) is 0 Å². The molecule has 94 valence electrons. The van der Waals surface area contributed by atoms with Gasteiger partial charge in [0.25, 0.3) is 0 Å². The second-order valence-corrected chi connectivity index (χ2v) is 3.54. The van der Waals surface area contributed by atoms with Gasteiger partial charge in [-0.25, -0.2) is 4.79 Å². The highest BCUT2D eigenvalue weighted by Crippen LogP contribution is 2.00. The van der Waals surface area contributed by atoms with Gasteiger partial charge in [-0.15, -0.1) is 5.10 Å². The molecule has 6 nitrogen and oxygen atoms in total. The largest absolute Gasteiger partial charge is 0.457 e. The summed E-state index contributed by atoms with van der Waals surface area (Å²) in [5.74, 6) is -0.494. The SMILES string of the molecule is C=CCOC(=O)c1cn(CCCCCO)nn1. The van der Waals surface area contributed by atoms with Gasteiger partial charge in [-0.1, -0.05) is 17.9 Å². The lowest BCUT2D eigenvalue weighted by atomic mass is 10.2. The van der Waals surface area contributed by atoms with Gasteiger partial charge in [0.2, 0.25) is 0 Å². The number of hydrogen-bond acceptors (Lipinski definition) is 5. The number of rotatable bonds is 8. The fraction of sp³-hybridized carbons (Fsp3) is 0.545. The zero-order valence-corrected chi connectivity index (χ0v) is 9.71. The number of aryl methyl sites for hydroxylation is 1. The van der Waals surface area contributed by atoms with E-state index in [1.165, 1.54) is 6.08 Å². The highest BCUT2D eigenvalue weighted by Gasteiger charge is 2.11. The number of esters is 1. The van der Waals surface area contributed by atoms with Gasteiger partial charge in [-0.3, -0.25) is 4.68 Å². The molecule has 0 saturated carbocycles. The number of hydrogen-bond donors (Lipinski definition) is 1. The lowest BCUT2D eigenvalue weighted by Crippen LogP contribution is -2.05. The molecule has 0 amide bonds. The molecule has 1 heterocycles. The van der Waals surface area contributed by atoms with E-state index in [1.54, 1.807) is 10.9 Å². The van der Waals surface area contributed by atoms with Crippen LogP contribution < -0.4 is 0 Å². The minimum absolute atomic E-state index is 0.169. The molecule has 0 saturated heterocycles. The van der Waals surface area contributed by atoms with Crippen LogP contribution in [0.15, 0.2) is 18.9 Å². The van der Waals surface area contributed by atoms with Crippen molar-refractivity contribution in [2.24, 2.45) is 0 Å². The number of aromatic nitrogens is 3. The van der Waals surface area contributed by atoms with Crippen LogP contribution in [-0.4, -0.2) is 39.3 Å². The summed E-state index contributed by atoms with van der Waals surface area (Å²) in [7, 11) is 0. The minimum Gasteiger partial charge on any atom is -0.457 e. The Balaban J connectivity index is 2.36. The normalized spacial score (nSPS) is 10.2. The van der Waals surface area contributed by atoms with E-state index >= 15 is 0 Å². The van der Waals surface area contributed by atoms with Crippen molar-refractivity contribution in [3.8, 4) is 0 Å². The molecular weight excluding hydrogens is 222 g/mol. The third kappa shape index (κ3) is 4.78. The molecule has 0 aliphatic rings. The summed E-state index contributed by atoms with van der Waals surface area (Å²) in [6, 6.07) is 0. The Labute approximate surface area is 99.9 Å². The van der Waals surface area contributed by atoms with Crippen molar-refractivity contribution in [3.05, 3.63) is 24.5 Å². The van der Waals surface area contributed by atoms with Crippen molar-refractivity contribution < 1.29 is 14.6 Å². The maximum absolute atomic E-state index is 11.4. The van der Waals surface area contributed by atoms with Gasteiger partial charge < -0.3 is 9.84 Å². The number of carbonyl (C=O) groups is 1. The summed E-state index contributed by atoms with van der Waals surface area (Å²) >= 11 is 0. The molecule has 1 aromatic heterocycles. The smallest absolute Gasteiger partial charge is 0.360 e. The van der Waals surface area contributed by atoms with E-state index in [1.807, 2.05) is 0 Å². The molecule has 0 aliphatic heterocycles. The Kier molecular flexibility index (Phi) is 5.95. The zero-order chi connectivity index (χ0) is 12.5. The predicted molar refractivity (Wildman–Crippen MR) is 61.4 cm³/mol. The molecule has 0 unspecified atom stereocenters. The first kappa shape index (κ1) is 13.4. The molecule has 0 atom stereocenters. The topological polar surface area (TPSA) is 77.2 Å². The Hall–Kier alpha value is -1.69. The van der Waals surface area contributed by atoms with Crippen molar-refractivity contribution >= 4 is 5.97 Å². The van der Waals surface area contributed by atoms with Crippen molar-refractivity contribution in [3.63, 3.8) is 0 Å². The summed E-state index contributed by atoms with van der Waals surface area (Å²) < 4.78 is 6.43. The van der Waals surface area contributed by atoms with Crippen LogP contribution in [0.25, 0.3) is 0 Å². The van der Waals surface area contributed by atoms with Gasteiger partial charge in [-0.05, 0) is 19.3 Å². The van der Waals surface area contributed by atoms with E-state index in [2.05, 4.69) is 16.9 Å². The van der Waals surface area contributed by atoms with Crippen LogP contribution >= 0.6 is 0 Å². The third-order valence-corrected chi connectivity index (χ3v) is 2.13. The Morgan fingerprint density at radius 3 is 3.06 bits per heavy atom. The summed E-state index contributed by atoms with van der Waals surface area (Å²) in [5.41, 5.74) is 0.203. The average Bonchev–Trinajstić information content (AvgIpc) is 2.80. The van der Waals surface area contributed by atoms with Crippen LogP contribution in [0, 0.1) is 0 Å². The van der Waals surface area contributed by atoms with E-state index in [-0.39, 0.29) is 18.9 Å². The standard InChI is InChI=1S/C11H17N3O3/c1-2-8-17-11(16)10-9-14(13-12-10)6-4-3-5-7-15/h2,9,15H,1,3-8H2. The first-order valence-corrected chi connectivity index (χ1v) is 5.57. The lowest BCUT2D eigenvalue weighted by Gasteiger charge is -1.98. The van der Waals surface area contributed by atoms with Gasteiger partial charge in [0, 0.05) is 13.2 Å². The molecule has 0 aliphatic carbocycles. The van der Waals surface area contributed by atoms with Crippen LogP contribution in [0.4, 0.5) is 0 Å². The molecule has 1 aromatic rings. The van der Waals surface area contributed by atoms with Gasteiger partial charge in [0.1, 0.15) is 6.61 Å². The maximum atomic E-state index is 11.4. The van der Waals surface area contributed by atoms with Crippen LogP contribution in [0.1, 0.15) is 29.8 Å². The van der Waals surface area contributed by atoms with Crippen LogP contribution in [-0.2, 0) is 11.3 Å². The van der Waals surface area contributed by atoms with Crippen molar-refractivity contribution in [2.75, 3.05) is 13.2 Å². The highest BCUT2D eigenvalue weighted by atomic mass is 16.5. The molecule has 17 heavy (non-hydrogen) atoms. The van der Waals surface area contributed by atoms with Gasteiger partial charge >= 0.3 is 5.97 Å². The lowest BCUT2D eigenvalue weighted by molar-refractivity contribution is 0.0542. The molecule has 1 rings (SSSR count). The number of unbranched alkanes of at least 4 members (excludes halogenated alkanes) is 2. The molecule has 0 spiro atoms. The summed E-state index contributed by atoms with van der Waals surface area (Å²) in [6.45, 7) is 4.51. The second kappa shape index (κ2) is 7.56. The highest BCUT2D eigenvalue weighted by molar-refractivity contribution is 5.86. The van der Waals surface area contributed by atoms with E-state index in [9.17, 15) is 4.79 Å². The summed E-state index contributed by atoms with van der Waals surface area (Å²) in [5, 5.41) is 16.2. The molecule has 6 heteroatoms. The fourth-order valence-electron chi connectivity index (χ4n) is 1.27. The van der Waals surface area contributed by atoms with E-state index < -0.39 is 5.97 Å². The average molecular weight is 239 g/mol. The summed E-state index contributed by atoms with van der Waals surface area (Å²) in [4.78, 5) is 11.4. The molecular formula is C11H17N3O3. The number of nitrogens with zero attached hydrogens (tertiary/aromatic N) is 3. The first-order valence-electron chi connectivity index (χ1n) is 5.57. The van der Waals surface area contributed by atoms with Crippen molar-refractivity contribution in [2.45, 2.75) is 25.8 Å². The Bertz CT molecular complexity index is 363. The molecule has 0 radical (unpaired) electrons. The third-order valence-electron chi connectivity index (χ3n) is 2.13. The second-order valence-electron chi connectivity index (χ2n) is 3.54. The summed E-state index contributed by atoms with van der Waals surface area (Å²) in [6.07, 6.45) is 5.65. The van der Waals surface area contributed by atoms with Crippen molar-refractivity contribution in [1.29, 1.82) is 0 Å². The van der Waals surface area contributed by atoms with Gasteiger partial charge in [0.15, 0.2) is 5.69 Å². The Morgan fingerprint density at radius 2 is 2.35 bits per heavy atom. The molecule has 0 bridgehead atoms. The maximum Gasteiger partial charge on any atom is 0.360 e. The molecule has 0 aromatic carbocycles. The van der Waals surface area contributed by atoms with Crippen LogP contribution in [0.5, 0.6) is 0 Å². The molecule has 1 N–H and O–H groups in total. The number of aliphatic hydroxyl groups excluding tert-OH is 1. The Morgan fingerprint density at radius 1 is 1.53 bits per heavy atom. The van der Waals surface area contributed by atoms with E-state index in [0.29, 0.717) is 6.54 Å². The van der Waals surface area contributed by atoms with E-state index in [4.69, 9.17) is 9.84 Å². The molecule has 0 fully saturated rings. The number of aliphatic hydroxyl groups is 1. The predicted octanol–water partition coefficient (Wildman–Crippen LogP) is 0.783. The van der Waals surface area contributed by atoms with Gasteiger partial charge in [-0.2, -0.15) is 0 Å². The van der Waals surface area contributed by atoms with Crippen LogP contribution in [0.2, 0.25) is 0 Å². The monoisotopic (exact) mass is 239 g/mol. The minimum atomic E-state index is -0.494. The first-order chi connectivity index (χ1) is 8.27. The van der Waals surface area contributed by atoms with Gasteiger partial charge in [0.05, 0.1) is 6.20 Å². The van der Waals surface area contributed by atoms with Crippen molar-refractivity contribution in [1.82, 2.24) is 15.0 Å². The quantitative estimate of drug-likeness (QED) is 0.412. The zero-order valence-electron chi connectivity index (χ0n) is 9.71. The number of ether oxygens (including phenoxy) is 1. The number of carbonyl (C=O) groups excluding carboxylic acids is 1. The van der Waals surface area contributed by atoms with E-state index in [0.717, 1.165) is 19.3 Å². The fourth-order valence-corrected chi connectivity index (χ4v) is 1.27.